The van der Waals surface area contributed by atoms with Crippen LogP contribution in [0.2, 0.25) is 0 Å². The number of nitrogens with zero attached hydrogens (tertiary/aromatic N) is 2. The first-order chi connectivity index (χ1) is 14.1. The van der Waals surface area contributed by atoms with Gasteiger partial charge in [0, 0.05) is 11.1 Å². The minimum atomic E-state index is -0.304. The van der Waals surface area contributed by atoms with Crippen molar-refractivity contribution in [3.05, 3.63) is 60.4 Å². The predicted octanol–water partition coefficient (Wildman–Crippen LogP) is 4.29. The predicted molar refractivity (Wildman–Crippen MR) is 110 cm³/mol. The highest BCUT2D eigenvalue weighted by Crippen LogP contribution is 2.29. The van der Waals surface area contributed by atoms with Gasteiger partial charge in [-0.2, -0.15) is 0 Å². The van der Waals surface area contributed by atoms with Crippen LogP contribution in [-0.4, -0.2) is 34.2 Å². The molecule has 0 bridgehead atoms. The Hall–Kier alpha value is -3.61. The minimum Gasteiger partial charge on any atom is -0.508 e. The summed E-state index contributed by atoms with van der Waals surface area (Å²) in [6.45, 7) is 4.95. The molecule has 1 heterocycles. The lowest BCUT2D eigenvalue weighted by atomic mass is 10.2. The van der Waals surface area contributed by atoms with E-state index in [1.165, 1.54) is 12.4 Å². The second-order valence-corrected chi connectivity index (χ2v) is 6.24. The second-order valence-electron chi connectivity index (χ2n) is 6.24. The van der Waals surface area contributed by atoms with Crippen LogP contribution < -0.4 is 14.8 Å². The van der Waals surface area contributed by atoms with E-state index < -0.39 is 0 Å². The molecule has 0 spiro atoms. The van der Waals surface area contributed by atoms with Crippen molar-refractivity contribution in [3.63, 3.8) is 0 Å². The highest BCUT2D eigenvalue weighted by atomic mass is 16.5. The number of phenols is 1. The molecule has 0 radical (unpaired) electrons. The van der Waals surface area contributed by atoms with E-state index in [1.807, 2.05) is 13.8 Å². The Morgan fingerprint density at radius 1 is 1.03 bits per heavy atom. The topological polar surface area (TPSA) is 93.6 Å². The molecular weight excluding hydrogens is 370 g/mol. The van der Waals surface area contributed by atoms with E-state index in [2.05, 4.69) is 15.3 Å². The number of carbonyl (C=O) groups excluding carboxylic acids is 1. The van der Waals surface area contributed by atoms with Crippen molar-refractivity contribution in [2.75, 3.05) is 18.5 Å². The van der Waals surface area contributed by atoms with E-state index in [4.69, 9.17) is 9.47 Å². The molecule has 1 amide bonds. The average molecular weight is 393 g/mol. The number of aromatic nitrogens is 2. The summed E-state index contributed by atoms with van der Waals surface area (Å²) < 4.78 is 11.3. The highest BCUT2D eigenvalue weighted by molar-refractivity contribution is 6.04. The molecule has 2 aromatic carbocycles. The van der Waals surface area contributed by atoms with Gasteiger partial charge in [0.05, 0.1) is 31.3 Å². The van der Waals surface area contributed by atoms with Crippen molar-refractivity contribution in [3.8, 4) is 28.6 Å². The number of amides is 1. The van der Waals surface area contributed by atoms with Crippen molar-refractivity contribution in [1.29, 1.82) is 0 Å². The maximum Gasteiger partial charge on any atom is 0.255 e. The van der Waals surface area contributed by atoms with Gasteiger partial charge >= 0.3 is 0 Å². The summed E-state index contributed by atoms with van der Waals surface area (Å²) in [4.78, 5) is 21.1. The van der Waals surface area contributed by atoms with Crippen LogP contribution in [0.4, 0.5) is 5.69 Å². The van der Waals surface area contributed by atoms with Crippen LogP contribution in [0.1, 0.15) is 30.6 Å². The van der Waals surface area contributed by atoms with Crippen molar-refractivity contribution < 1.29 is 19.4 Å². The third-order valence-electron chi connectivity index (χ3n) is 3.98. The molecule has 3 rings (SSSR count). The molecule has 0 aliphatic heterocycles. The zero-order chi connectivity index (χ0) is 20.6. The van der Waals surface area contributed by atoms with E-state index in [9.17, 15) is 9.90 Å². The first-order valence-corrected chi connectivity index (χ1v) is 9.43. The Kier molecular flexibility index (Phi) is 6.63. The fourth-order valence-electron chi connectivity index (χ4n) is 2.64. The van der Waals surface area contributed by atoms with E-state index in [1.54, 1.807) is 42.5 Å². The number of benzene rings is 2. The molecular formula is C22H23N3O4. The molecule has 29 heavy (non-hydrogen) atoms. The van der Waals surface area contributed by atoms with Gasteiger partial charge in [0.25, 0.3) is 5.91 Å². The normalized spacial score (nSPS) is 10.4. The largest absolute Gasteiger partial charge is 0.508 e. The Bertz CT molecular complexity index is 974. The van der Waals surface area contributed by atoms with Crippen LogP contribution in [0.25, 0.3) is 11.4 Å². The molecule has 7 heteroatoms. The molecule has 2 N–H and O–H groups in total. The number of carbonyl (C=O) groups is 1. The molecule has 7 nitrogen and oxygen atoms in total. The molecule has 3 aromatic rings. The molecule has 0 atom stereocenters. The fraction of sp³-hybridized carbons (Fsp3) is 0.227. The van der Waals surface area contributed by atoms with Gasteiger partial charge in [0.1, 0.15) is 5.75 Å². The number of rotatable bonds is 8. The fourth-order valence-corrected chi connectivity index (χ4v) is 2.64. The number of aromatic hydroxyl groups is 1. The van der Waals surface area contributed by atoms with Crippen LogP contribution >= 0.6 is 0 Å². The maximum atomic E-state index is 12.6. The SMILES string of the molecule is CCCOc1ccc(C(=O)Nc2cnc(-c3cccc(O)c3)nc2)cc1OCC. The highest BCUT2D eigenvalue weighted by Gasteiger charge is 2.13. The molecule has 0 fully saturated rings. The van der Waals surface area contributed by atoms with Crippen LogP contribution in [0.15, 0.2) is 54.9 Å². The number of ether oxygens (including phenoxy) is 2. The lowest BCUT2D eigenvalue weighted by Crippen LogP contribution is -2.13. The first-order valence-electron chi connectivity index (χ1n) is 9.43. The Morgan fingerprint density at radius 2 is 1.83 bits per heavy atom. The zero-order valence-corrected chi connectivity index (χ0v) is 16.4. The van der Waals surface area contributed by atoms with Crippen LogP contribution in [0.5, 0.6) is 17.2 Å². The van der Waals surface area contributed by atoms with Crippen LogP contribution in [0.3, 0.4) is 0 Å². The van der Waals surface area contributed by atoms with Gasteiger partial charge in [0.15, 0.2) is 17.3 Å². The molecule has 0 aliphatic rings. The van der Waals surface area contributed by atoms with Crippen molar-refractivity contribution >= 4 is 11.6 Å². The monoisotopic (exact) mass is 393 g/mol. The number of anilines is 1. The Labute approximate surface area is 169 Å². The van der Waals surface area contributed by atoms with E-state index in [0.717, 1.165) is 6.42 Å². The molecule has 0 unspecified atom stereocenters. The number of phenolic OH excluding ortho intramolecular Hbond substituents is 1. The Balaban J connectivity index is 1.73. The average Bonchev–Trinajstić information content (AvgIpc) is 2.73. The number of hydrogen-bond donors (Lipinski definition) is 2. The standard InChI is InChI=1S/C22H23N3O4/c1-3-10-29-19-9-8-16(12-20(19)28-4-2)22(27)25-17-13-23-21(24-14-17)15-6-5-7-18(26)11-15/h5-9,11-14,26H,3-4,10H2,1-2H3,(H,25,27). The summed E-state index contributed by atoms with van der Waals surface area (Å²) in [5.41, 5.74) is 1.59. The third-order valence-corrected chi connectivity index (χ3v) is 3.98. The summed E-state index contributed by atoms with van der Waals surface area (Å²) in [5.74, 6) is 1.43. The van der Waals surface area contributed by atoms with Crippen molar-refractivity contribution in [2.24, 2.45) is 0 Å². The molecule has 1 aromatic heterocycles. The molecule has 0 saturated carbocycles. The lowest BCUT2D eigenvalue weighted by Gasteiger charge is -2.13. The van der Waals surface area contributed by atoms with Gasteiger partial charge in [0.2, 0.25) is 0 Å². The van der Waals surface area contributed by atoms with Crippen molar-refractivity contribution in [2.45, 2.75) is 20.3 Å². The summed E-state index contributed by atoms with van der Waals surface area (Å²) in [7, 11) is 0. The van der Waals surface area contributed by atoms with Gasteiger partial charge < -0.3 is 19.9 Å². The Morgan fingerprint density at radius 3 is 2.52 bits per heavy atom. The van der Waals surface area contributed by atoms with Gasteiger partial charge in [-0.3, -0.25) is 4.79 Å². The number of hydrogen-bond acceptors (Lipinski definition) is 6. The summed E-state index contributed by atoms with van der Waals surface area (Å²) in [6.07, 6.45) is 3.92. The quantitative estimate of drug-likeness (QED) is 0.593. The maximum absolute atomic E-state index is 12.6. The number of nitrogens with one attached hydrogen (secondary N) is 1. The lowest BCUT2D eigenvalue weighted by molar-refractivity contribution is 0.102. The minimum absolute atomic E-state index is 0.139. The van der Waals surface area contributed by atoms with Crippen molar-refractivity contribution in [1.82, 2.24) is 9.97 Å². The van der Waals surface area contributed by atoms with Gasteiger partial charge in [-0.1, -0.05) is 19.1 Å². The van der Waals surface area contributed by atoms with Gasteiger partial charge in [-0.05, 0) is 43.7 Å². The third kappa shape index (κ3) is 5.22. The van der Waals surface area contributed by atoms with Crippen LogP contribution in [0, 0.1) is 0 Å². The first kappa shape index (κ1) is 20.1. The zero-order valence-electron chi connectivity index (χ0n) is 16.4. The van der Waals surface area contributed by atoms with E-state index >= 15 is 0 Å². The summed E-state index contributed by atoms with van der Waals surface area (Å²) in [6, 6.07) is 11.7. The van der Waals surface area contributed by atoms with E-state index in [-0.39, 0.29) is 11.7 Å². The summed E-state index contributed by atoms with van der Waals surface area (Å²) in [5, 5.41) is 12.3. The summed E-state index contributed by atoms with van der Waals surface area (Å²) >= 11 is 0. The van der Waals surface area contributed by atoms with Crippen LogP contribution in [-0.2, 0) is 0 Å². The second kappa shape index (κ2) is 9.54. The molecule has 0 saturated heterocycles. The van der Waals surface area contributed by atoms with Gasteiger partial charge in [-0.25, -0.2) is 9.97 Å². The molecule has 150 valence electrons. The van der Waals surface area contributed by atoms with E-state index in [0.29, 0.717) is 47.4 Å². The van der Waals surface area contributed by atoms with Gasteiger partial charge in [-0.15, -0.1) is 0 Å². The molecule has 0 aliphatic carbocycles. The smallest absolute Gasteiger partial charge is 0.255 e.